The van der Waals surface area contributed by atoms with E-state index in [9.17, 15) is 9.90 Å². The van der Waals surface area contributed by atoms with Gasteiger partial charge in [0.25, 0.3) is 0 Å². The lowest BCUT2D eigenvalue weighted by molar-refractivity contribution is -0.125. The summed E-state index contributed by atoms with van der Waals surface area (Å²) >= 11 is 0. The van der Waals surface area contributed by atoms with Crippen molar-refractivity contribution >= 4 is 11.6 Å². The van der Waals surface area contributed by atoms with E-state index in [4.69, 9.17) is 5.26 Å². The van der Waals surface area contributed by atoms with Gasteiger partial charge in [0.1, 0.15) is 6.04 Å². The van der Waals surface area contributed by atoms with Crippen LogP contribution in [0.1, 0.15) is 12.5 Å². The average molecular weight is 245 g/mol. The Morgan fingerprint density at radius 2 is 2.39 bits per heavy atom. The standard InChI is InChI=1S/C13H15N3O2/c1-9-7-16(12(8-17)13(18)15-9)11-4-2-3-10(5-11)6-14/h2-5,9,12,17H,7-8H2,1H3,(H,15,18). The molecule has 1 heterocycles. The van der Waals surface area contributed by atoms with Crippen LogP contribution in [-0.4, -0.2) is 36.2 Å². The first-order valence-electron chi connectivity index (χ1n) is 5.83. The minimum Gasteiger partial charge on any atom is -0.394 e. The van der Waals surface area contributed by atoms with Crippen molar-refractivity contribution in [1.82, 2.24) is 5.32 Å². The van der Waals surface area contributed by atoms with Crippen LogP contribution in [0.15, 0.2) is 24.3 Å². The smallest absolute Gasteiger partial charge is 0.245 e. The average Bonchev–Trinajstić information content (AvgIpc) is 2.38. The van der Waals surface area contributed by atoms with Crippen LogP contribution in [0.3, 0.4) is 0 Å². The van der Waals surface area contributed by atoms with Crippen LogP contribution in [0.2, 0.25) is 0 Å². The summed E-state index contributed by atoms with van der Waals surface area (Å²) in [6.07, 6.45) is 0. The number of rotatable bonds is 2. The summed E-state index contributed by atoms with van der Waals surface area (Å²) in [5.41, 5.74) is 1.33. The van der Waals surface area contributed by atoms with Gasteiger partial charge in [0.15, 0.2) is 0 Å². The molecule has 2 N–H and O–H groups in total. The number of benzene rings is 1. The summed E-state index contributed by atoms with van der Waals surface area (Å²) in [5.74, 6) is -0.182. The van der Waals surface area contributed by atoms with Gasteiger partial charge in [0, 0.05) is 18.3 Å². The number of amides is 1. The van der Waals surface area contributed by atoms with Gasteiger partial charge >= 0.3 is 0 Å². The first kappa shape index (κ1) is 12.4. The Labute approximate surface area is 106 Å². The first-order chi connectivity index (χ1) is 8.65. The predicted octanol–water partition coefficient (Wildman–Crippen LogP) is 0.244. The highest BCUT2D eigenvalue weighted by molar-refractivity contribution is 5.87. The molecule has 1 aliphatic heterocycles. The van der Waals surface area contributed by atoms with E-state index in [0.717, 1.165) is 5.69 Å². The second-order valence-electron chi connectivity index (χ2n) is 4.42. The number of carbonyl (C=O) groups excluding carboxylic acids is 1. The highest BCUT2D eigenvalue weighted by Crippen LogP contribution is 2.21. The van der Waals surface area contributed by atoms with Crippen molar-refractivity contribution in [2.45, 2.75) is 19.0 Å². The summed E-state index contributed by atoms with van der Waals surface area (Å²) in [6.45, 7) is 2.29. The van der Waals surface area contributed by atoms with Crippen molar-refractivity contribution in [3.05, 3.63) is 29.8 Å². The fourth-order valence-corrected chi connectivity index (χ4v) is 2.17. The van der Waals surface area contributed by atoms with E-state index in [0.29, 0.717) is 12.1 Å². The Hall–Kier alpha value is -2.06. The summed E-state index contributed by atoms with van der Waals surface area (Å²) in [6, 6.07) is 8.57. The number of nitriles is 1. The number of aliphatic hydroxyl groups is 1. The number of aliphatic hydroxyl groups excluding tert-OH is 1. The van der Waals surface area contributed by atoms with Gasteiger partial charge in [-0.05, 0) is 25.1 Å². The fraction of sp³-hybridized carbons (Fsp3) is 0.385. The highest BCUT2D eigenvalue weighted by atomic mass is 16.3. The minimum atomic E-state index is -0.588. The van der Waals surface area contributed by atoms with Gasteiger partial charge in [-0.2, -0.15) is 5.26 Å². The van der Waals surface area contributed by atoms with Crippen LogP contribution in [0.4, 0.5) is 5.69 Å². The molecule has 0 bridgehead atoms. The number of nitrogens with one attached hydrogen (secondary N) is 1. The maximum absolute atomic E-state index is 11.8. The molecule has 18 heavy (non-hydrogen) atoms. The Bertz CT molecular complexity index is 495. The number of carbonyl (C=O) groups is 1. The summed E-state index contributed by atoms with van der Waals surface area (Å²) in [7, 11) is 0. The van der Waals surface area contributed by atoms with Gasteiger partial charge < -0.3 is 15.3 Å². The zero-order chi connectivity index (χ0) is 13.1. The van der Waals surface area contributed by atoms with E-state index in [-0.39, 0.29) is 18.6 Å². The van der Waals surface area contributed by atoms with Crippen molar-refractivity contribution in [2.75, 3.05) is 18.1 Å². The Kier molecular flexibility index (Phi) is 3.49. The minimum absolute atomic E-state index is 0.0195. The summed E-state index contributed by atoms with van der Waals surface area (Å²) in [5, 5.41) is 21.0. The molecule has 5 nitrogen and oxygen atoms in total. The molecule has 1 aliphatic rings. The lowest BCUT2D eigenvalue weighted by Gasteiger charge is -2.39. The third-order valence-corrected chi connectivity index (χ3v) is 3.02. The molecule has 0 aliphatic carbocycles. The van der Waals surface area contributed by atoms with E-state index < -0.39 is 6.04 Å². The number of hydrogen-bond acceptors (Lipinski definition) is 4. The SMILES string of the molecule is CC1CN(c2cccc(C#N)c2)C(CO)C(=O)N1. The molecule has 1 aromatic carbocycles. The molecule has 1 fully saturated rings. The van der Waals surface area contributed by atoms with E-state index >= 15 is 0 Å². The Balaban J connectivity index is 2.34. The number of hydrogen-bond donors (Lipinski definition) is 2. The molecule has 2 atom stereocenters. The second kappa shape index (κ2) is 5.07. The maximum atomic E-state index is 11.8. The lowest BCUT2D eigenvalue weighted by Crippen LogP contribution is -2.60. The second-order valence-corrected chi connectivity index (χ2v) is 4.42. The fourth-order valence-electron chi connectivity index (χ4n) is 2.17. The Morgan fingerprint density at radius 3 is 3.06 bits per heavy atom. The highest BCUT2D eigenvalue weighted by Gasteiger charge is 2.32. The van der Waals surface area contributed by atoms with E-state index in [1.165, 1.54) is 0 Å². The van der Waals surface area contributed by atoms with Crippen LogP contribution in [0.5, 0.6) is 0 Å². The van der Waals surface area contributed by atoms with Crippen LogP contribution in [0.25, 0.3) is 0 Å². The molecule has 5 heteroatoms. The third-order valence-electron chi connectivity index (χ3n) is 3.02. The molecule has 0 saturated carbocycles. The molecule has 94 valence electrons. The van der Waals surface area contributed by atoms with Gasteiger partial charge in [0.2, 0.25) is 5.91 Å². The van der Waals surface area contributed by atoms with Gasteiger partial charge in [-0.15, -0.1) is 0 Å². The van der Waals surface area contributed by atoms with E-state index in [1.54, 1.807) is 18.2 Å². The van der Waals surface area contributed by atoms with Crippen LogP contribution < -0.4 is 10.2 Å². The monoisotopic (exact) mass is 245 g/mol. The van der Waals surface area contributed by atoms with Gasteiger partial charge in [0.05, 0.1) is 18.2 Å². The molecule has 0 radical (unpaired) electrons. The number of nitrogens with zero attached hydrogens (tertiary/aromatic N) is 2. The zero-order valence-corrected chi connectivity index (χ0v) is 10.1. The number of anilines is 1. The van der Waals surface area contributed by atoms with Crippen molar-refractivity contribution in [3.8, 4) is 6.07 Å². The van der Waals surface area contributed by atoms with Gasteiger partial charge in [-0.1, -0.05) is 6.07 Å². The van der Waals surface area contributed by atoms with Crippen molar-refractivity contribution in [2.24, 2.45) is 0 Å². The topological polar surface area (TPSA) is 76.4 Å². The molecule has 2 unspecified atom stereocenters. The van der Waals surface area contributed by atoms with Crippen molar-refractivity contribution < 1.29 is 9.90 Å². The van der Waals surface area contributed by atoms with E-state index in [1.807, 2.05) is 17.9 Å². The molecule has 2 rings (SSSR count). The normalized spacial score (nSPS) is 23.4. The van der Waals surface area contributed by atoms with Gasteiger partial charge in [-0.25, -0.2) is 0 Å². The van der Waals surface area contributed by atoms with Crippen LogP contribution >= 0.6 is 0 Å². The molecule has 1 amide bonds. The van der Waals surface area contributed by atoms with Crippen LogP contribution in [0, 0.1) is 11.3 Å². The third kappa shape index (κ3) is 2.29. The van der Waals surface area contributed by atoms with E-state index in [2.05, 4.69) is 11.4 Å². The lowest BCUT2D eigenvalue weighted by atomic mass is 10.1. The quantitative estimate of drug-likeness (QED) is 0.782. The largest absolute Gasteiger partial charge is 0.394 e. The van der Waals surface area contributed by atoms with Gasteiger partial charge in [-0.3, -0.25) is 4.79 Å². The van der Waals surface area contributed by atoms with Crippen LogP contribution in [-0.2, 0) is 4.79 Å². The molecule has 1 saturated heterocycles. The van der Waals surface area contributed by atoms with Crippen molar-refractivity contribution in [3.63, 3.8) is 0 Å². The molecular formula is C13H15N3O2. The molecular weight excluding hydrogens is 230 g/mol. The number of piperazine rings is 1. The zero-order valence-electron chi connectivity index (χ0n) is 10.1. The maximum Gasteiger partial charge on any atom is 0.245 e. The summed E-state index contributed by atoms with van der Waals surface area (Å²) < 4.78 is 0. The summed E-state index contributed by atoms with van der Waals surface area (Å²) in [4.78, 5) is 13.6. The first-order valence-corrected chi connectivity index (χ1v) is 5.83. The molecule has 0 spiro atoms. The Morgan fingerprint density at radius 1 is 1.61 bits per heavy atom. The predicted molar refractivity (Wildman–Crippen MR) is 67.0 cm³/mol. The molecule has 0 aromatic heterocycles. The molecule has 1 aromatic rings. The van der Waals surface area contributed by atoms with Crippen molar-refractivity contribution in [1.29, 1.82) is 5.26 Å².